The van der Waals surface area contributed by atoms with E-state index in [9.17, 15) is 4.79 Å². The third kappa shape index (κ3) is 4.55. The van der Waals surface area contributed by atoms with E-state index in [1.165, 1.54) is 12.8 Å². The zero-order valence-corrected chi connectivity index (χ0v) is 13.4. The van der Waals surface area contributed by atoms with Crippen molar-refractivity contribution in [3.05, 3.63) is 11.7 Å². The first-order valence-electron chi connectivity index (χ1n) is 8.21. The monoisotopic (exact) mass is 293 g/mol. The summed E-state index contributed by atoms with van der Waals surface area (Å²) in [7, 11) is 0. The molecule has 3 atom stereocenters. The molecule has 1 aliphatic rings. The van der Waals surface area contributed by atoms with E-state index in [0.717, 1.165) is 25.1 Å². The van der Waals surface area contributed by atoms with E-state index >= 15 is 0 Å². The Labute approximate surface area is 126 Å². The summed E-state index contributed by atoms with van der Waals surface area (Å²) in [5, 5.41) is 7.08. The Morgan fingerprint density at radius 3 is 2.90 bits per heavy atom. The normalized spacial score (nSPS) is 25.8. The number of nitrogens with zero attached hydrogens (tertiary/aromatic N) is 2. The summed E-state index contributed by atoms with van der Waals surface area (Å²) >= 11 is 0. The number of hydrogen-bond acceptors (Lipinski definition) is 4. The molecule has 1 N–H and O–H groups in total. The summed E-state index contributed by atoms with van der Waals surface area (Å²) < 4.78 is 5.15. The number of rotatable bonds is 6. The Balaban J connectivity index is 1.76. The number of hydrogen-bond donors (Lipinski definition) is 1. The van der Waals surface area contributed by atoms with Crippen LogP contribution in [0.25, 0.3) is 0 Å². The first-order valence-corrected chi connectivity index (χ1v) is 8.21. The van der Waals surface area contributed by atoms with E-state index < -0.39 is 0 Å². The van der Waals surface area contributed by atoms with Gasteiger partial charge in [-0.2, -0.15) is 4.98 Å². The molecule has 0 aliphatic heterocycles. The minimum Gasteiger partial charge on any atom is -0.353 e. The first-order chi connectivity index (χ1) is 10.1. The van der Waals surface area contributed by atoms with E-state index in [0.29, 0.717) is 36.6 Å². The second-order valence-electron chi connectivity index (χ2n) is 6.30. The van der Waals surface area contributed by atoms with Crippen LogP contribution >= 0.6 is 0 Å². The average molecular weight is 293 g/mol. The highest BCUT2D eigenvalue weighted by Crippen LogP contribution is 2.29. The van der Waals surface area contributed by atoms with Gasteiger partial charge >= 0.3 is 0 Å². The molecule has 5 nitrogen and oxygen atoms in total. The Morgan fingerprint density at radius 2 is 2.14 bits per heavy atom. The molecular weight excluding hydrogens is 266 g/mol. The van der Waals surface area contributed by atoms with Gasteiger partial charge in [0.15, 0.2) is 5.82 Å². The van der Waals surface area contributed by atoms with E-state index in [4.69, 9.17) is 4.52 Å². The van der Waals surface area contributed by atoms with Gasteiger partial charge in [-0.1, -0.05) is 38.8 Å². The number of aromatic nitrogens is 2. The van der Waals surface area contributed by atoms with Gasteiger partial charge in [0, 0.05) is 25.3 Å². The average Bonchev–Trinajstić information content (AvgIpc) is 2.90. The summed E-state index contributed by atoms with van der Waals surface area (Å²) in [5.74, 6) is 2.65. The molecule has 1 aliphatic carbocycles. The highest BCUT2D eigenvalue weighted by atomic mass is 16.5. The molecule has 1 saturated carbocycles. The molecule has 0 saturated heterocycles. The van der Waals surface area contributed by atoms with Crippen LogP contribution in [0.2, 0.25) is 0 Å². The van der Waals surface area contributed by atoms with Crippen molar-refractivity contribution in [3.63, 3.8) is 0 Å². The number of nitrogens with one attached hydrogen (secondary N) is 1. The smallest absolute Gasteiger partial charge is 0.227 e. The zero-order chi connectivity index (χ0) is 15.2. The number of aryl methyl sites for hydroxylation is 2. The van der Waals surface area contributed by atoms with E-state index in [1.54, 1.807) is 0 Å². The Morgan fingerprint density at radius 1 is 1.33 bits per heavy atom. The van der Waals surface area contributed by atoms with Crippen LogP contribution in [0.15, 0.2) is 4.52 Å². The maximum absolute atomic E-state index is 12.1. The maximum atomic E-state index is 12.1. The summed E-state index contributed by atoms with van der Waals surface area (Å²) in [6.07, 6.45) is 6.35. The molecule has 118 valence electrons. The van der Waals surface area contributed by atoms with Gasteiger partial charge in [-0.05, 0) is 24.7 Å². The predicted octanol–water partition coefficient (Wildman–Crippen LogP) is 2.90. The van der Waals surface area contributed by atoms with Crippen LogP contribution in [-0.2, 0) is 17.6 Å². The zero-order valence-electron chi connectivity index (χ0n) is 13.4. The molecule has 1 aromatic heterocycles. The summed E-state index contributed by atoms with van der Waals surface area (Å²) in [6, 6.07) is 0.319. The molecule has 0 spiro atoms. The third-order valence-electron chi connectivity index (χ3n) is 4.60. The Bertz CT molecular complexity index is 458. The highest BCUT2D eigenvalue weighted by molar-refractivity contribution is 5.76. The van der Waals surface area contributed by atoms with Crippen molar-refractivity contribution < 1.29 is 9.32 Å². The van der Waals surface area contributed by atoms with Gasteiger partial charge in [0.05, 0.1) is 0 Å². The fraction of sp³-hybridized carbons (Fsp3) is 0.812. The predicted molar refractivity (Wildman–Crippen MR) is 80.7 cm³/mol. The topological polar surface area (TPSA) is 68.0 Å². The largest absolute Gasteiger partial charge is 0.353 e. The van der Waals surface area contributed by atoms with Gasteiger partial charge in [0.2, 0.25) is 11.8 Å². The van der Waals surface area contributed by atoms with Gasteiger partial charge in [-0.3, -0.25) is 4.79 Å². The van der Waals surface area contributed by atoms with Crippen LogP contribution in [0, 0.1) is 11.8 Å². The summed E-state index contributed by atoms with van der Waals surface area (Å²) in [5.41, 5.74) is 0. The van der Waals surface area contributed by atoms with Crippen molar-refractivity contribution in [3.8, 4) is 0 Å². The molecule has 1 aromatic rings. The number of amides is 1. The molecule has 0 radical (unpaired) electrons. The Kier molecular flexibility index (Phi) is 5.76. The maximum Gasteiger partial charge on any atom is 0.227 e. The van der Waals surface area contributed by atoms with Gasteiger partial charge in [-0.15, -0.1) is 0 Å². The quantitative estimate of drug-likeness (QED) is 0.875. The molecule has 2 rings (SSSR count). The number of carbonyl (C=O) groups excluding carboxylic acids is 1. The van der Waals surface area contributed by atoms with E-state index in [-0.39, 0.29) is 5.91 Å². The van der Waals surface area contributed by atoms with Crippen LogP contribution in [0.1, 0.15) is 64.6 Å². The minimum absolute atomic E-state index is 0.0937. The van der Waals surface area contributed by atoms with Crippen molar-refractivity contribution >= 4 is 5.91 Å². The van der Waals surface area contributed by atoms with Gasteiger partial charge in [0.25, 0.3) is 0 Å². The molecular formula is C16H27N3O2. The lowest BCUT2D eigenvalue weighted by Crippen LogP contribution is -2.43. The molecule has 1 amide bonds. The Hall–Kier alpha value is -1.39. The summed E-state index contributed by atoms with van der Waals surface area (Å²) in [4.78, 5) is 16.4. The molecule has 0 aromatic carbocycles. The van der Waals surface area contributed by atoms with Crippen LogP contribution in [0.5, 0.6) is 0 Å². The molecule has 5 heteroatoms. The highest BCUT2D eigenvalue weighted by Gasteiger charge is 2.28. The van der Waals surface area contributed by atoms with Gasteiger partial charge < -0.3 is 9.84 Å². The lowest BCUT2D eigenvalue weighted by Gasteiger charge is -2.34. The molecule has 0 unspecified atom stereocenters. The van der Waals surface area contributed by atoms with Crippen molar-refractivity contribution in [2.45, 2.75) is 71.8 Å². The standard InChI is InChI=1S/C16H27N3O2/c1-4-6-14-18-16(21-19-14)10-9-15(20)17-13-8-5-7-11(2)12(13)3/h11-13H,4-10H2,1-3H3,(H,17,20)/t11-,12-,13-/m1/s1. The van der Waals surface area contributed by atoms with Crippen LogP contribution in [-0.4, -0.2) is 22.1 Å². The van der Waals surface area contributed by atoms with E-state index in [2.05, 4.69) is 36.2 Å². The fourth-order valence-electron chi connectivity index (χ4n) is 3.00. The lowest BCUT2D eigenvalue weighted by atomic mass is 9.78. The van der Waals surface area contributed by atoms with Gasteiger partial charge in [0.1, 0.15) is 0 Å². The van der Waals surface area contributed by atoms with Crippen molar-refractivity contribution in [1.29, 1.82) is 0 Å². The third-order valence-corrected chi connectivity index (χ3v) is 4.60. The minimum atomic E-state index is 0.0937. The fourth-order valence-corrected chi connectivity index (χ4v) is 3.00. The lowest BCUT2D eigenvalue weighted by molar-refractivity contribution is -0.122. The molecule has 21 heavy (non-hydrogen) atoms. The SMILES string of the molecule is CCCc1noc(CCC(=O)N[C@@H]2CCC[C@@H](C)[C@H]2C)n1. The second-order valence-corrected chi connectivity index (χ2v) is 6.30. The van der Waals surface area contributed by atoms with Crippen LogP contribution in [0.3, 0.4) is 0 Å². The molecule has 1 heterocycles. The van der Waals surface area contributed by atoms with Crippen LogP contribution in [0.4, 0.5) is 0 Å². The van der Waals surface area contributed by atoms with Crippen molar-refractivity contribution in [2.75, 3.05) is 0 Å². The van der Waals surface area contributed by atoms with Crippen molar-refractivity contribution in [1.82, 2.24) is 15.5 Å². The number of carbonyl (C=O) groups is 1. The van der Waals surface area contributed by atoms with E-state index in [1.807, 2.05) is 0 Å². The first kappa shape index (κ1) is 16.0. The molecule has 0 bridgehead atoms. The van der Waals surface area contributed by atoms with Crippen molar-refractivity contribution in [2.24, 2.45) is 11.8 Å². The summed E-state index contributed by atoms with van der Waals surface area (Å²) in [6.45, 7) is 6.59. The second kappa shape index (κ2) is 7.57. The molecule has 1 fully saturated rings. The van der Waals surface area contributed by atoms with Crippen LogP contribution < -0.4 is 5.32 Å². The van der Waals surface area contributed by atoms with Gasteiger partial charge in [-0.25, -0.2) is 0 Å².